The highest BCUT2D eigenvalue weighted by Crippen LogP contribution is 2.30. The first-order chi connectivity index (χ1) is 14.8. The molecule has 1 fully saturated rings. The molecule has 0 aromatic heterocycles. The Labute approximate surface area is 188 Å². The van der Waals surface area contributed by atoms with Crippen LogP contribution in [0.2, 0.25) is 5.02 Å². The second-order valence-corrected chi connectivity index (χ2v) is 8.88. The van der Waals surface area contributed by atoms with Gasteiger partial charge in [-0.15, -0.1) is 0 Å². The SMILES string of the molecule is CN=C(NCc1ccccc1CN1CCCC1=O)NCC(C)(C)c1ccc(F)cc1Cl. The van der Waals surface area contributed by atoms with Crippen molar-refractivity contribution in [1.82, 2.24) is 15.5 Å². The van der Waals surface area contributed by atoms with Gasteiger partial charge in [-0.2, -0.15) is 0 Å². The highest BCUT2D eigenvalue weighted by molar-refractivity contribution is 6.31. The Morgan fingerprint density at radius 1 is 1.19 bits per heavy atom. The maximum Gasteiger partial charge on any atom is 0.222 e. The molecule has 166 valence electrons. The van der Waals surface area contributed by atoms with Crippen LogP contribution in [0.3, 0.4) is 0 Å². The van der Waals surface area contributed by atoms with Crippen molar-refractivity contribution in [2.24, 2.45) is 4.99 Å². The van der Waals surface area contributed by atoms with Crippen LogP contribution in [0.15, 0.2) is 47.5 Å². The van der Waals surface area contributed by atoms with Crippen LogP contribution in [0.5, 0.6) is 0 Å². The molecule has 7 heteroatoms. The van der Waals surface area contributed by atoms with Crippen molar-refractivity contribution in [3.8, 4) is 0 Å². The van der Waals surface area contributed by atoms with Gasteiger partial charge in [0.25, 0.3) is 0 Å². The number of amides is 1. The molecule has 0 atom stereocenters. The standard InChI is InChI=1S/C24H30ClFN4O/c1-24(2,20-11-10-19(26)13-21(20)25)16-29-23(27-3)28-14-17-7-4-5-8-18(17)15-30-12-6-9-22(30)31/h4-5,7-8,10-11,13H,6,9,12,14-16H2,1-3H3,(H2,27,28,29). The Balaban J connectivity index is 1.60. The Morgan fingerprint density at radius 2 is 1.94 bits per heavy atom. The first-order valence-corrected chi connectivity index (χ1v) is 10.9. The number of carbonyl (C=O) groups is 1. The first kappa shape index (κ1) is 23.1. The molecule has 31 heavy (non-hydrogen) atoms. The van der Waals surface area contributed by atoms with Gasteiger partial charge in [0, 0.05) is 50.1 Å². The minimum absolute atomic E-state index is 0.224. The fourth-order valence-electron chi connectivity index (χ4n) is 3.80. The van der Waals surface area contributed by atoms with E-state index in [1.54, 1.807) is 13.1 Å². The Morgan fingerprint density at radius 3 is 2.58 bits per heavy atom. The van der Waals surface area contributed by atoms with E-state index < -0.39 is 0 Å². The van der Waals surface area contributed by atoms with Gasteiger partial charge in [-0.25, -0.2) is 4.39 Å². The summed E-state index contributed by atoms with van der Waals surface area (Å²) in [6.07, 6.45) is 1.58. The number of rotatable bonds is 7. The van der Waals surface area contributed by atoms with Gasteiger partial charge in [0.05, 0.1) is 0 Å². The van der Waals surface area contributed by atoms with Gasteiger partial charge in [-0.1, -0.05) is 55.8 Å². The molecule has 1 amide bonds. The molecule has 0 saturated carbocycles. The third-order valence-corrected chi connectivity index (χ3v) is 5.99. The van der Waals surface area contributed by atoms with E-state index in [1.165, 1.54) is 12.1 Å². The summed E-state index contributed by atoms with van der Waals surface area (Å²) >= 11 is 6.26. The third-order valence-electron chi connectivity index (χ3n) is 5.68. The zero-order chi connectivity index (χ0) is 22.4. The number of guanidine groups is 1. The van der Waals surface area contributed by atoms with Crippen molar-refractivity contribution >= 4 is 23.5 Å². The van der Waals surface area contributed by atoms with E-state index in [2.05, 4.69) is 41.6 Å². The molecule has 2 aromatic rings. The predicted molar refractivity (Wildman–Crippen MR) is 124 cm³/mol. The Kier molecular flexibility index (Phi) is 7.55. The number of aliphatic imine (C=N–C) groups is 1. The molecule has 1 aliphatic heterocycles. The summed E-state index contributed by atoms with van der Waals surface area (Å²) in [5, 5.41) is 7.11. The van der Waals surface area contributed by atoms with Gasteiger partial charge in [-0.3, -0.25) is 9.79 Å². The summed E-state index contributed by atoms with van der Waals surface area (Å²) in [5.74, 6) is 0.546. The summed E-state index contributed by atoms with van der Waals surface area (Å²) in [6.45, 7) is 6.73. The fraction of sp³-hybridized carbons (Fsp3) is 0.417. The number of nitrogens with zero attached hydrogens (tertiary/aromatic N) is 2. The average Bonchev–Trinajstić information content (AvgIpc) is 3.13. The Hall–Kier alpha value is -2.60. The largest absolute Gasteiger partial charge is 0.356 e. The molecule has 1 aliphatic rings. The van der Waals surface area contributed by atoms with Crippen molar-refractivity contribution in [1.29, 1.82) is 0 Å². The summed E-state index contributed by atoms with van der Waals surface area (Å²) in [5.41, 5.74) is 2.82. The zero-order valence-corrected chi connectivity index (χ0v) is 19.1. The molecule has 0 bridgehead atoms. The van der Waals surface area contributed by atoms with E-state index in [0.29, 0.717) is 37.0 Å². The predicted octanol–water partition coefficient (Wildman–Crippen LogP) is 4.24. The smallest absolute Gasteiger partial charge is 0.222 e. The molecule has 3 rings (SSSR count). The normalized spacial score (nSPS) is 14.8. The van der Waals surface area contributed by atoms with E-state index in [0.717, 1.165) is 29.7 Å². The molecule has 2 N–H and O–H groups in total. The minimum Gasteiger partial charge on any atom is -0.356 e. The van der Waals surface area contributed by atoms with Gasteiger partial charge >= 0.3 is 0 Å². The highest BCUT2D eigenvalue weighted by Gasteiger charge is 2.24. The summed E-state index contributed by atoms with van der Waals surface area (Å²) in [6, 6.07) is 12.6. The molecule has 0 aliphatic carbocycles. The molecule has 0 unspecified atom stereocenters. The molecule has 2 aromatic carbocycles. The van der Waals surface area contributed by atoms with Crippen LogP contribution in [-0.2, 0) is 23.3 Å². The topological polar surface area (TPSA) is 56.7 Å². The van der Waals surface area contributed by atoms with Crippen molar-refractivity contribution < 1.29 is 9.18 Å². The summed E-state index contributed by atoms with van der Waals surface area (Å²) in [7, 11) is 1.72. The number of carbonyl (C=O) groups excluding carboxylic acids is 1. The van der Waals surface area contributed by atoms with Crippen LogP contribution in [-0.4, -0.2) is 36.9 Å². The van der Waals surface area contributed by atoms with E-state index >= 15 is 0 Å². The highest BCUT2D eigenvalue weighted by atomic mass is 35.5. The second-order valence-electron chi connectivity index (χ2n) is 8.47. The molecule has 5 nitrogen and oxygen atoms in total. The van der Waals surface area contributed by atoms with Crippen LogP contribution in [0.25, 0.3) is 0 Å². The number of halogens is 2. The molecule has 1 heterocycles. The summed E-state index contributed by atoms with van der Waals surface area (Å²) < 4.78 is 13.4. The van der Waals surface area contributed by atoms with Gasteiger partial charge in [0.15, 0.2) is 5.96 Å². The van der Waals surface area contributed by atoms with E-state index in [4.69, 9.17) is 11.6 Å². The van der Waals surface area contributed by atoms with Gasteiger partial charge < -0.3 is 15.5 Å². The molecular formula is C24H30ClFN4O. The molecule has 0 spiro atoms. The number of benzene rings is 2. The first-order valence-electron chi connectivity index (χ1n) is 10.5. The zero-order valence-electron chi connectivity index (χ0n) is 18.3. The molecule has 1 saturated heterocycles. The maximum absolute atomic E-state index is 13.4. The van der Waals surface area contributed by atoms with Gasteiger partial charge in [0.1, 0.15) is 5.82 Å². The Bertz CT molecular complexity index is 960. The quantitative estimate of drug-likeness (QED) is 0.496. The lowest BCUT2D eigenvalue weighted by atomic mass is 9.84. The van der Waals surface area contributed by atoms with Crippen molar-refractivity contribution in [3.05, 3.63) is 70.0 Å². The van der Waals surface area contributed by atoms with E-state index in [-0.39, 0.29) is 17.1 Å². The van der Waals surface area contributed by atoms with Crippen LogP contribution in [0.4, 0.5) is 4.39 Å². The third kappa shape index (κ3) is 5.97. The lowest BCUT2D eigenvalue weighted by Gasteiger charge is -2.28. The van der Waals surface area contributed by atoms with Gasteiger partial charge in [0.2, 0.25) is 5.91 Å². The van der Waals surface area contributed by atoms with Crippen LogP contribution in [0.1, 0.15) is 43.4 Å². The number of hydrogen-bond acceptors (Lipinski definition) is 2. The number of nitrogens with one attached hydrogen (secondary N) is 2. The molecular weight excluding hydrogens is 415 g/mol. The van der Waals surface area contributed by atoms with Crippen molar-refractivity contribution in [3.63, 3.8) is 0 Å². The maximum atomic E-state index is 13.4. The van der Waals surface area contributed by atoms with Crippen molar-refractivity contribution in [2.75, 3.05) is 20.1 Å². The van der Waals surface area contributed by atoms with E-state index in [1.807, 2.05) is 17.0 Å². The van der Waals surface area contributed by atoms with Gasteiger partial charge in [-0.05, 0) is 35.2 Å². The second kappa shape index (κ2) is 10.1. The van der Waals surface area contributed by atoms with E-state index in [9.17, 15) is 9.18 Å². The fourth-order valence-corrected chi connectivity index (χ4v) is 4.22. The van der Waals surface area contributed by atoms with Crippen LogP contribution in [0, 0.1) is 5.82 Å². The lowest BCUT2D eigenvalue weighted by molar-refractivity contribution is -0.128. The van der Waals surface area contributed by atoms with Crippen molar-refractivity contribution in [2.45, 2.75) is 45.2 Å². The minimum atomic E-state index is -0.343. The van der Waals surface area contributed by atoms with Crippen LogP contribution >= 0.6 is 11.6 Å². The molecule has 0 radical (unpaired) electrons. The lowest BCUT2D eigenvalue weighted by Crippen LogP contribution is -2.43. The average molecular weight is 445 g/mol. The number of likely N-dealkylation sites (tertiary alicyclic amines) is 1. The van der Waals surface area contributed by atoms with Crippen LogP contribution < -0.4 is 10.6 Å². The monoisotopic (exact) mass is 444 g/mol. The summed E-state index contributed by atoms with van der Waals surface area (Å²) in [4.78, 5) is 18.2. The number of hydrogen-bond donors (Lipinski definition) is 2.